The summed E-state index contributed by atoms with van der Waals surface area (Å²) < 4.78 is 6.80. The number of methoxy groups -OCH3 is 1. The molecule has 2 N–H and O–H groups in total. The molecule has 4 rings (SSSR count). The number of hydrogen-bond donors (Lipinski definition) is 2. The highest BCUT2D eigenvalue weighted by Crippen LogP contribution is 2.39. The molecule has 0 radical (unpaired) electrons. The van der Waals surface area contributed by atoms with Gasteiger partial charge in [0.05, 0.1) is 36.9 Å². The maximum atomic E-state index is 11.8. The molecule has 3 aromatic rings. The van der Waals surface area contributed by atoms with Crippen molar-refractivity contribution in [1.82, 2.24) is 19.8 Å². The number of ether oxygens (including phenoxy) is 1. The minimum Gasteiger partial charge on any atom is -0.478 e. The third-order valence-electron chi connectivity index (χ3n) is 5.46. The second-order valence-corrected chi connectivity index (χ2v) is 7.69. The van der Waals surface area contributed by atoms with E-state index in [1.54, 1.807) is 30.5 Å². The van der Waals surface area contributed by atoms with E-state index in [1.165, 1.54) is 7.11 Å². The van der Waals surface area contributed by atoms with Crippen LogP contribution < -0.4 is 5.32 Å². The van der Waals surface area contributed by atoms with Crippen molar-refractivity contribution >= 4 is 29.3 Å². The fourth-order valence-corrected chi connectivity index (χ4v) is 4.25. The van der Waals surface area contributed by atoms with Crippen LogP contribution in [0.5, 0.6) is 0 Å². The summed E-state index contributed by atoms with van der Waals surface area (Å²) in [5.74, 6) is -1.29. The molecule has 0 aliphatic carbocycles. The number of aromatic carboxylic acids is 1. The summed E-state index contributed by atoms with van der Waals surface area (Å²) >= 11 is 5.62. The van der Waals surface area contributed by atoms with Gasteiger partial charge in [0.25, 0.3) is 0 Å². The van der Waals surface area contributed by atoms with Crippen LogP contribution in [0.4, 0.5) is 0 Å². The Balaban J connectivity index is 1.74. The highest BCUT2D eigenvalue weighted by Gasteiger charge is 2.41. The molecular formula is C23H22N4O4S. The topological polar surface area (TPSA) is 96.7 Å². The van der Waals surface area contributed by atoms with E-state index in [1.807, 2.05) is 46.0 Å². The lowest BCUT2D eigenvalue weighted by atomic mass is 10.0. The maximum Gasteiger partial charge on any atom is 0.335 e. The van der Waals surface area contributed by atoms with Crippen LogP contribution in [0.3, 0.4) is 0 Å². The maximum absolute atomic E-state index is 11.8. The van der Waals surface area contributed by atoms with Gasteiger partial charge in [-0.2, -0.15) is 0 Å². The Bertz CT molecular complexity index is 1130. The van der Waals surface area contributed by atoms with E-state index in [2.05, 4.69) is 10.3 Å². The highest BCUT2D eigenvalue weighted by atomic mass is 32.1. The van der Waals surface area contributed by atoms with Crippen LogP contribution in [-0.2, 0) is 9.53 Å². The summed E-state index contributed by atoms with van der Waals surface area (Å²) in [6.07, 6.45) is 3.84. The van der Waals surface area contributed by atoms with Crippen molar-refractivity contribution in [3.8, 4) is 5.69 Å². The Labute approximate surface area is 190 Å². The van der Waals surface area contributed by atoms with E-state index < -0.39 is 5.97 Å². The van der Waals surface area contributed by atoms with Crippen molar-refractivity contribution in [1.29, 1.82) is 0 Å². The van der Waals surface area contributed by atoms with Gasteiger partial charge in [0, 0.05) is 30.3 Å². The van der Waals surface area contributed by atoms with Crippen molar-refractivity contribution in [3.05, 3.63) is 83.9 Å². The lowest BCUT2D eigenvalue weighted by Crippen LogP contribution is -2.32. The Kier molecular flexibility index (Phi) is 6.18. The molecule has 2 atom stereocenters. The van der Waals surface area contributed by atoms with Crippen LogP contribution in [0, 0.1) is 0 Å². The number of carboxylic acids is 1. The summed E-state index contributed by atoms with van der Waals surface area (Å²) in [6.45, 7) is 0.385. The number of hydrogen-bond acceptors (Lipinski definition) is 5. The van der Waals surface area contributed by atoms with Gasteiger partial charge in [-0.1, -0.05) is 6.07 Å². The number of thiocarbonyl (C=S) groups is 1. The molecule has 1 aliphatic heterocycles. The van der Waals surface area contributed by atoms with Crippen molar-refractivity contribution in [2.24, 2.45) is 0 Å². The molecule has 8 nitrogen and oxygen atoms in total. The van der Waals surface area contributed by atoms with Gasteiger partial charge in [0.15, 0.2) is 5.11 Å². The Morgan fingerprint density at radius 1 is 1.16 bits per heavy atom. The van der Waals surface area contributed by atoms with Gasteiger partial charge < -0.3 is 24.6 Å². The third kappa shape index (κ3) is 4.19. The number of aromatic nitrogens is 2. The smallest absolute Gasteiger partial charge is 0.335 e. The predicted octanol–water partition coefficient (Wildman–Crippen LogP) is 3.11. The second-order valence-electron chi connectivity index (χ2n) is 7.30. The molecule has 1 saturated heterocycles. The monoisotopic (exact) mass is 450 g/mol. The standard InChI is InChI=1S/C23H22N4O4S/c1-31-19(28)11-14-27-21(20(25-23(27)32)17-5-2-3-12-24-17)18-6-4-13-26(18)16-9-7-15(8-10-16)22(29)30/h2-10,12-13,20-21H,11,14H2,1H3,(H,25,32)(H,29,30)/t20-,21+/m1/s1. The van der Waals surface area contributed by atoms with E-state index in [0.29, 0.717) is 11.7 Å². The average Bonchev–Trinajstić information content (AvgIpc) is 3.42. The molecule has 0 unspecified atom stereocenters. The summed E-state index contributed by atoms with van der Waals surface area (Å²) in [6, 6.07) is 15.8. The quantitative estimate of drug-likeness (QED) is 0.419. The number of rotatable bonds is 7. The molecule has 32 heavy (non-hydrogen) atoms. The van der Waals surface area contributed by atoms with Gasteiger partial charge in [0.1, 0.15) is 0 Å². The number of nitrogens with zero attached hydrogens (tertiary/aromatic N) is 3. The summed E-state index contributed by atoms with van der Waals surface area (Å²) in [7, 11) is 1.36. The van der Waals surface area contributed by atoms with Gasteiger partial charge in [-0.05, 0) is 60.7 Å². The van der Waals surface area contributed by atoms with Gasteiger partial charge in [-0.25, -0.2) is 4.79 Å². The summed E-state index contributed by atoms with van der Waals surface area (Å²) in [5.41, 5.74) is 2.80. The zero-order valence-corrected chi connectivity index (χ0v) is 18.2. The van der Waals surface area contributed by atoms with Gasteiger partial charge >= 0.3 is 11.9 Å². The molecule has 0 spiro atoms. The first-order valence-corrected chi connectivity index (χ1v) is 10.5. The Morgan fingerprint density at radius 3 is 2.59 bits per heavy atom. The second kappa shape index (κ2) is 9.19. The van der Waals surface area contributed by atoms with Gasteiger partial charge in [0.2, 0.25) is 0 Å². The number of pyridine rings is 1. The van der Waals surface area contributed by atoms with Gasteiger partial charge in [-0.15, -0.1) is 0 Å². The SMILES string of the molecule is COC(=O)CCN1C(=S)N[C@H](c2ccccn2)[C@@H]1c1cccn1-c1ccc(C(=O)O)cc1. The van der Waals surface area contributed by atoms with E-state index in [0.717, 1.165) is 17.1 Å². The van der Waals surface area contributed by atoms with E-state index in [4.69, 9.17) is 17.0 Å². The van der Waals surface area contributed by atoms with Crippen molar-refractivity contribution in [2.75, 3.05) is 13.7 Å². The number of carbonyl (C=O) groups is 2. The van der Waals surface area contributed by atoms with Crippen molar-refractivity contribution < 1.29 is 19.4 Å². The van der Waals surface area contributed by atoms with Crippen molar-refractivity contribution in [3.63, 3.8) is 0 Å². The molecule has 3 heterocycles. The summed E-state index contributed by atoms with van der Waals surface area (Å²) in [4.78, 5) is 29.5. The number of nitrogens with one attached hydrogen (secondary N) is 1. The highest BCUT2D eigenvalue weighted by molar-refractivity contribution is 7.80. The molecule has 9 heteroatoms. The first-order chi connectivity index (χ1) is 15.5. The molecule has 1 aliphatic rings. The summed E-state index contributed by atoms with van der Waals surface area (Å²) in [5, 5.41) is 13.1. The zero-order chi connectivity index (χ0) is 22.7. The van der Waals surface area contributed by atoms with E-state index in [-0.39, 0.29) is 30.0 Å². The lowest BCUT2D eigenvalue weighted by Gasteiger charge is -2.28. The predicted molar refractivity (Wildman–Crippen MR) is 122 cm³/mol. The molecule has 0 saturated carbocycles. The van der Waals surface area contributed by atoms with E-state index >= 15 is 0 Å². The molecule has 1 fully saturated rings. The average molecular weight is 451 g/mol. The van der Waals surface area contributed by atoms with Crippen LogP contribution in [0.25, 0.3) is 5.69 Å². The zero-order valence-electron chi connectivity index (χ0n) is 17.3. The van der Waals surface area contributed by atoms with Crippen LogP contribution in [0.2, 0.25) is 0 Å². The van der Waals surface area contributed by atoms with E-state index in [9.17, 15) is 14.7 Å². The lowest BCUT2D eigenvalue weighted by molar-refractivity contribution is -0.140. The number of esters is 1. The minimum atomic E-state index is -0.973. The molecule has 0 bridgehead atoms. The third-order valence-corrected chi connectivity index (χ3v) is 5.81. The minimum absolute atomic E-state index is 0.192. The number of carbonyl (C=O) groups excluding carboxylic acids is 1. The van der Waals surface area contributed by atoms with Crippen LogP contribution in [-0.4, -0.2) is 50.3 Å². The van der Waals surface area contributed by atoms with Crippen LogP contribution >= 0.6 is 12.2 Å². The molecule has 1 aromatic carbocycles. The first-order valence-electron chi connectivity index (χ1n) is 10.1. The fraction of sp³-hybridized carbons (Fsp3) is 0.217. The molecule has 164 valence electrons. The molecule has 0 amide bonds. The molecule has 2 aromatic heterocycles. The largest absolute Gasteiger partial charge is 0.478 e. The molecular weight excluding hydrogens is 428 g/mol. The number of carboxylic acid groups (broad SMARTS) is 1. The Morgan fingerprint density at radius 2 is 1.94 bits per heavy atom. The number of benzene rings is 1. The van der Waals surface area contributed by atoms with Crippen molar-refractivity contribution in [2.45, 2.75) is 18.5 Å². The van der Waals surface area contributed by atoms with Crippen LogP contribution in [0.15, 0.2) is 67.0 Å². The fourth-order valence-electron chi connectivity index (χ4n) is 3.92. The van der Waals surface area contributed by atoms with Crippen LogP contribution in [0.1, 0.15) is 40.3 Å². The first kappa shape index (κ1) is 21.5. The normalized spacial score (nSPS) is 17.8. The van der Waals surface area contributed by atoms with Gasteiger partial charge in [-0.3, -0.25) is 9.78 Å². The Hall–Kier alpha value is -3.72.